The molecule has 16 heavy (non-hydrogen) atoms. The Labute approximate surface area is 104 Å². The number of ether oxygens (including phenoxy) is 2. The van der Waals surface area contributed by atoms with Crippen molar-refractivity contribution in [1.29, 1.82) is 0 Å². The van der Waals surface area contributed by atoms with Crippen LogP contribution in [-0.4, -0.2) is 44.6 Å². The average molecular weight is 248 g/mol. The van der Waals surface area contributed by atoms with Crippen LogP contribution in [0.25, 0.3) is 0 Å². The maximum absolute atomic E-state index is 5.34. The van der Waals surface area contributed by atoms with Crippen molar-refractivity contribution in [3.8, 4) is 0 Å². The van der Waals surface area contributed by atoms with E-state index in [0.717, 1.165) is 31.1 Å². The van der Waals surface area contributed by atoms with Crippen molar-refractivity contribution in [3.05, 3.63) is 0 Å². The largest absolute Gasteiger partial charge is 0.382 e. The van der Waals surface area contributed by atoms with E-state index < -0.39 is 0 Å². The van der Waals surface area contributed by atoms with Crippen molar-refractivity contribution in [1.82, 2.24) is 10.6 Å². The molecule has 0 aliphatic heterocycles. The van der Waals surface area contributed by atoms with Gasteiger partial charge in [0, 0.05) is 26.3 Å². The van der Waals surface area contributed by atoms with Gasteiger partial charge in [-0.2, -0.15) is 0 Å². The minimum Gasteiger partial charge on any atom is -0.382 e. The summed E-state index contributed by atoms with van der Waals surface area (Å²) in [5.41, 5.74) is 0. The van der Waals surface area contributed by atoms with E-state index >= 15 is 0 Å². The lowest BCUT2D eigenvalue weighted by molar-refractivity contribution is 0.0689. The second kappa shape index (κ2) is 11.1. The zero-order valence-corrected chi connectivity index (χ0v) is 11.4. The van der Waals surface area contributed by atoms with E-state index in [-0.39, 0.29) is 0 Å². The van der Waals surface area contributed by atoms with Crippen LogP contribution in [-0.2, 0) is 9.47 Å². The highest BCUT2D eigenvalue weighted by atomic mass is 32.1. The smallest absolute Gasteiger partial charge is 0.166 e. The molecule has 0 rings (SSSR count). The Kier molecular flexibility index (Phi) is 10.8. The van der Waals surface area contributed by atoms with E-state index in [1.54, 1.807) is 7.11 Å². The number of nitrogens with one attached hydrogen (secondary N) is 2. The lowest BCUT2D eigenvalue weighted by Crippen LogP contribution is -2.39. The summed E-state index contributed by atoms with van der Waals surface area (Å²) < 4.78 is 10.2. The molecule has 0 aromatic rings. The zero-order valence-electron chi connectivity index (χ0n) is 10.5. The van der Waals surface area contributed by atoms with Gasteiger partial charge in [0.1, 0.15) is 0 Å². The van der Waals surface area contributed by atoms with Gasteiger partial charge >= 0.3 is 0 Å². The molecule has 0 aromatic heterocycles. The Bertz CT molecular complexity index is 177. The van der Waals surface area contributed by atoms with Gasteiger partial charge in [-0.15, -0.1) is 0 Å². The second-order valence-electron chi connectivity index (χ2n) is 3.87. The third kappa shape index (κ3) is 11.7. The molecule has 0 unspecified atom stereocenters. The Balaban J connectivity index is 3.11. The van der Waals surface area contributed by atoms with Crippen LogP contribution in [0.1, 0.15) is 26.7 Å². The Morgan fingerprint density at radius 1 is 1.19 bits per heavy atom. The van der Waals surface area contributed by atoms with Gasteiger partial charge in [-0.3, -0.25) is 0 Å². The number of rotatable bonds is 9. The highest BCUT2D eigenvalue weighted by Crippen LogP contribution is 1.89. The van der Waals surface area contributed by atoms with E-state index in [9.17, 15) is 0 Å². The predicted octanol–water partition coefficient (Wildman–Crippen LogP) is 1.30. The van der Waals surface area contributed by atoms with Gasteiger partial charge in [-0.1, -0.05) is 0 Å². The quantitative estimate of drug-likeness (QED) is 0.475. The van der Waals surface area contributed by atoms with Crippen LogP contribution >= 0.6 is 12.2 Å². The molecule has 0 aliphatic rings. The van der Waals surface area contributed by atoms with Gasteiger partial charge in [-0.05, 0) is 38.9 Å². The minimum absolute atomic E-state index is 0.386. The summed E-state index contributed by atoms with van der Waals surface area (Å²) in [5.74, 6) is 0. The molecule has 0 amide bonds. The van der Waals surface area contributed by atoms with Gasteiger partial charge in [0.25, 0.3) is 0 Å². The van der Waals surface area contributed by atoms with Crippen molar-refractivity contribution in [2.45, 2.75) is 32.7 Å². The summed E-state index contributed by atoms with van der Waals surface area (Å²) >= 11 is 5.10. The van der Waals surface area contributed by atoms with E-state index in [2.05, 4.69) is 24.5 Å². The highest BCUT2D eigenvalue weighted by Gasteiger charge is 1.96. The monoisotopic (exact) mass is 248 g/mol. The zero-order chi connectivity index (χ0) is 12.2. The normalized spacial score (nSPS) is 10.5. The standard InChI is InChI=1S/C11H24N2O2S/c1-10(2)13-11(16)12-6-4-5-7-15-9-8-14-3/h10H,4-9H2,1-3H3,(H2,12,13,16). The van der Waals surface area contributed by atoms with Crippen molar-refractivity contribution in [3.63, 3.8) is 0 Å². The number of thiocarbonyl (C=S) groups is 1. The predicted molar refractivity (Wildman–Crippen MR) is 70.8 cm³/mol. The number of unbranched alkanes of at least 4 members (excludes halogenated alkanes) is 1. The van der Waals surface area contributed by atoms with Gasteiger partial charge < -0.3 is 20.1 Å². The lowest BCUT2D eigenvalue weighted by atomic mass is 10.3. The molecule has 0 radical (unpaired) electrons. The van der Waals surface area contributed by atoms with Crippen molar-refractivity contribution in [2.24, 2.45) is 0 Å². The third-order valence-electron chi connectivity index (χ3n) is 1.85. The average Bonchev–Trinajstić information content (AvgIpc) is 2.21. The van der Waals surface area contributed by atoms with E-state index in [0.29, 0.717) is 19.3 Å². The highest BCUT2D eigenvalue weighted by molar-refractivity contribution is 7.80. The molecule has 0 atom stereocenters. The van der Waals surface area contributed by atoms with E-state index in [4.69, 9.17) is 21.7 Å². The van der Waals surface area contributed by atoms with Gasteiger partial charge in [0.15, 0.2) is 5.11 Å². The first-order chi connectivity index (χ1) is 7.66. The molecule has 0 heterocycles. The molecule has 0 bridgehead atoms. The molecule has 0 spiro atoms. The Hall–Kier alpha value is -0.390. The molecule has 0 saturated heterocycles. The van der Waals surface area contributed by atoms with Crippen LogP contribution < -0.4 is 10.6 Å². The summed E-state index contributed by atoms with van der Waals surface area (Å²) in [6.45, 7) is 7.16. The fourth-order valence-corrected chi connectivity index (χ4v) is 1.43. The van der Waals surface area contributed by atoms with Gasteiger partial charge in [-0.25, -0.2) is 0 Å². The first-order valence-corrected chi connectivity index (χ1v) is 6.18. The summed E-state index contributed by atoms with van der Waals surface area (Å²) in [6.07, 6.45) is 2.11. The maximum atomic E-state index is 5.34. The van der Waals surface area contributed by atoms with Crippen LogP contribution in [0, 0.1) is 0 Å². The number of hydrogen-bond acceptors (Lipinski definition) is 3. The van der Waals surface area contributed by atoms with Crippen molar-refractivity contribution < 1.29 is 9.47 Å². The van der Waals surface area contributed by atoms with E-state index in [1.165, 1.54) is 0 Å². The van der Waals surface area contributed by atoms with Crippen molar-refractivity contribution >= 4 is 17.3 Å². The molecule has 0 aliphatic carbocycles. The summed E-state index contributed by atoms with van der Waals surface area (Å²) in [6, 6.07) is 0.386. The number of methoxy groups -OCH3 is 1. The van der Waals surface area contributed by atoms with Crippen LogP contribution in [0.5, 0.6) is 0 Å². The van der Waals surface area contributed by atoms with Crippen LogP contribution in [0.3, 0.4) is 0 Å². The third-order valence-corrected chi connectivity index (χ3v) is 2.11. The first-order valence-electron chi connectivity index (χ1n) is 5.78. The summed E-state index contributed by atoms with van der Waals surface area (Å²) in [5, 5.41) is 7.02. The SMILES string of the molecule is COCCOCCCCNC(=S)NC(C)C. The van der Waals surface area contributed by atoms with Gasteiger partial charge in [0.05, 0.1) is 13.2 Å². The molecule has 0 saturated carbocycles. The van der Waals surface area contributed by atoms with Gasteiger partial charge in [0.2, 0.25) is 0 Å². The minimum atomic E-state index is 0.386. The lowest BCUT2D eigenvalue weighted by Gasteiger charge is -2.12. The maximum Gasteiger partial charge on any atom is 0.166 e. The van der Waals surface area contributed by atoms with E-state index in [1.807, 2.05) is 0 Å². The van der Waals surface area contributed by atoms with Crippen LogP contribution in [0.2, 0.25) is 0 Å². The first kappa shape index (κ1) is 15.6. The fourth-order valence-electron chi connectivity index (χ4n) is 1.09. The van der Waals surface area contributed by atoms with Crippen LogP contribution in [0.4, 0.5) is 0 Å². The topological polar surface area (TPSA) is 42.5 Å². The Morgan fingerprint density at radius 3 is 2.56 bits per heavy atom. The molecule has 5 heteroatoms. The molecule has 96 valence electrons. The molecular formula is C11H24N2O2S. The molecule has 0 aromatic carbocycles. The molecular weight excluding hydrogens is 224 g/mol. The van der Waals surface area contributed by atoms with Crippen LogP contribution in [0.15, 0.2) is 0 Å². The Morgan fingerprint density at radius 2 is 1.94 bits per heavy atom. The number of hydrogen-bond donors (Lipinski definition) is 2. The molecule has 4 nitrogen and oxygen atoms in total. The molecule has 2 N–H and O–H groups in total. The fraction of sp³-hybridized carbons (Fsp3) is 0.909. The summed E-state index contributed by atoms with van der Waals surface area (Å²) in [4.78, 5) is 0. The molecule has 0 fully saturated rings. The van der Waals surface area contributed by atoms with Crippen molar-refractivity contribution in [2.75, 3.05) is 33.5 Å². The second-order valence-corrected chi connectivity index (χ2v) is 4.28. The summed E-state index contributed by atoms with van der Waals surface area (Å²) in [7, 11) is 1.68.